The van der Waals surface area contributed by atoms with Gasteiger partial charge >= 0.3 is 0 Å². The van der Waals surface area contributed by atoms with Gasteiger partial charge in [-0.25, -0.2) is 0 Å². The molecule has 0 saturated carbocycles. The third-order valence-electron chi connectivity index (χ3n) is 3.57. The molecule has 0 aliphatic rings. The van der Waals surface area contributed by atoms with Crippen LogP contribution in [-0.2, 0) is 11.8 Å². The van der Waals surface area contributed by atoms with Crippen molar-refractivity contribution >= 4 is 11.6 Å². The minimum Gasteiger partial charge on any atom is -0.383 e. The number of methoxy groups -OCH3 is 1. The smallest absolute Gasteiger partial charge is 0.0657 e. The van der Waals surface area contributed by atoms with Gasteiger partial charge in [-0.15, -0.1) is 0 Å². The van der Waals surface area contributed by atoms with E-state index in [0.717, 1.165) is 16.3 Å². The van der Waals surface area contributed by atoms with Crippen molar-refractivity contribution in [3.63, 3.8) is 0 Å². The zero-order valence-corrected chi connectivity index (χ0v) is 13.7. The Morgan fingerprint density at radius 1 is 1.33 bits per heavy atom. The van der Waals surface area contributed by atoms with Crippen molar-refractivity contribution in [2.24, 2.45) is 7.05 Å². The standard InChI is InChI=1S/C16H22ClN3O/c1-11(15-9-20(3)19-12(15)2)18-16(10-21-4)13-5-7-14(17)8-6-13/h5-9,11,16,18H,10H2,1-4H3. The van der Waals surface area contributed by atoms with Crippen LogP contribution in [0.4, 0.5) is 0 Å². The van der Waals surface area contributed by atoms with Gasteiger partial charge in [0, 0.05) is 37.0 Å². The highest BCUT2D eigenvalue weighted by molar-refractivity contribution is 6.30. The first-order valence-corrected chi connectivity index (χ1v) is 7.39. The molecule has 2 aromatic rings. The maximum atomic E-state index is 5.96. The average molecular weight is 308 g/mol. The second kappa shape index (κ2) is 7.07. The van der Waals surface area contributed by atoms with Crippen molar-refractivity contribution in [3.05, 3.63) is 52.3 Å². The number of benzene rings is 1. The number of ether oxygens (including phenoxy) is 1. The third kappa shape index (κ3) is 4.06. The molecule has 0 spiro atoms. The summed E-state index contributed by atoms with van der Waals surface area (Å²) in [4.78, 5) is 0. The van der Waals surface area contributed by atoms with Gasteiger partial charge in [0.15, 0.2) is 0 Å². The lowest BCUT2D eigenvalue weighted by molar-refractivity contribution is 0.162. The molecule has 0 saturated heterocycles. The van der Waals surface area contributed by atoms with Crippen LogP contribution in [0.25, 0.3) is 0 Å². The van der Waals surface area contributed by atoms with Gasteiger partial charge in [-0.3, -0.25) is 4.68 Å². The number of aromatic nitrogens is 2. The Labute approximate surface area is 131 Å². The summed E-state index contributed by atoms with van der Waals surface area (Å²) in [5.74, 6) is 0. The number of nitrogens with one attached hydrogen (secondary N) is 1. The topological polar surface area (TPSA) is 39.1 Å². The van der Waals surface area contributed by atoms with Crippen molar-refractivity contribution in [3.8, 4) is 0 Å². The highest BCUT2D eigenvalue weighted by Gasteiger charge is 2.18. The van der Waals surface area contributed by atoms with Gasteiger partial charge in [-0.1, -0.05) is 23.7 Å². The Kier molecular flexibility index (Phi) is 5.39. The predicted octanol–water partition coefficient (Wildman–Crippen LogP) is 3.42. The van der Waals surface area contributed by atoms with E-state index in [1.807, 2.05) is 42.9 Å². The van der Waals surface area contributed by atoms with Crippen LogP contribution >= 0.6 is 11.6 Å². The molecular formula is C16H22ClN3O. The Morgan fingerprint density at radius 3 is 2.52 bits per heavy atom. The number of halogens is 1. The summed E-state index contributed by atoms with van der Waals surface area (Å²) >= 11 is 5.96. The van der Waals surface area contributed by atoms with Crippen LogP contribution in [0.15, 0.2) is 30.5 Å². The van der Waals surface area contributed by atoms with Crippen molar-refractivity contribution in [1.29, 1.82) is 0 Å². The zero-order chi connectivity index (χ0) is 15.4. The Morgan fingerprint density at radius 2 is 2.00 bits per heavy atom. The quantitative estimate of drug-likeness (QED) is 0.889. The summed E-state index contributed by atoms with van der Waals surface area (Å²) in [6.45, 7) is 4.77. The molecule has 2 rings (SSSR count). The average Bonchev–Trinajstić information content (AvgIpc) is 2.78. The van der Waals surface area contributed by atoms with Crippen molar-refractivity contribution in [2.45, 2.75) is 25.9 Å². The van der Waals surface area contributed by atoms with Gasteiger partial charge in [0.25, 0.3) is 0 Å². The molecule has 1 N–H and O–H groups in total. The lowest BCUT2D eigenvalue weighted by atomic mass is 10.0. The predicted molar refractivity (Wildman–Crippen MR) is 85.6 cm³/mol. The minimum absolute atomic E-state index is 0.113. The molecule has 1 aromatic heterocycles. The second-order valence-corrected chi connectivity index (χ2v) is 5.73. The van der Waals surface area contributed by atoms with E-state index in [2.05, 4.69) is 23.5 Å². The van der Waals surface area contributed by atoms with Gasteiger partial charge in [-0.2, -0.15) is 5.10 Å². The molecule has 0 aliphatic heterocycles. The minimum atomic E-state index is 0.113. The van der Waals surface area contributed by atoms with E-state index in [1.54, 1.807) is 7.11 Å². The van der Waals surface area contributed by atoms with E-state index in [4.69, 9.17) is 16.3 Å². The first-order valence-electron chi connectivity index (χ1n) is 7.02. The normalized spacial score (nSPS) is 14.1. The van der Waals surface area contributed by atoms with E-state index < -0.39 is 0 Å². The lowest BCUT2D eigenvalue weighted by Crippen LogP contribution is -2.28. The molecule has 4 nitrogen and oxygen atoms in total. The van der Waals surface area contributed by atoms with Crippen LogP contribution in [0, 0.1) is 6.92 Å². The van der Waals surface area contributed by atoms with Gasteiger partial charge in [0.1, 0.15) is 0 Å². The SMILES string of the molecule is COCC(NC(C)c1cn(C)nc1C)c1ccc(Cl)cc1. The summed E-state index contributed by atoms with van der Waals surface area (Å²) in [7, 11) is 3.65. The molecule has 2 unspecified atom stereocenters. The zero-order valence-electron chi connectivity index (χ0n) is 12.9. The van der Waals surface area contributed by atoms with Crippen LogP contribution in [0.2, 0.25) is 5.02 Å². The van der Waals surface area contributed by atoms with Gasteiger partial charge in [0.05, 0.1) is 18.3 Å². The molecule has 114 valence electrons. The van der Waals surface area contributed by atoms with Crippen molar-refractivity contribution in [2.75, 3.05) is 13.7 Å². The van der Waals surface area contributed by atoms with Crippen LogP contribution in [0.3, 0.4) is 0 Å². The Hall–Kier alpha value is -1.36. The fraction of sp³-hybridized carbons (Fsp3) is 0.438. The van der Waals surface area contributed by atoms with Crippen molar-refractivity contribution < 1.29 is 4.74 Å². The van der Waals surface area contributed by atoms with Gasteiger partial charge in [-0.05, 0) is 31.5 Å². The fourth-order valence-corrected chi connectivity index (χ4v) is 2.66. The molecule has 0 amide bonds. The lowest BCUT2D eigenvalue weighted by Gasteiger charge is -2.23. The largest absolute Gasteiger partial charge is 0.383 e. The van der Waals surface area contributed by atoms with Crippen molar-refractivity contribution in [1.82, 2.24) is 15.1 Å². The third-order valence-corrected chi connectivity index (χ3v) is 3.83. The molecule has 0 aliphatic carbocycles. The second-order valence-electron chi connectivity index (χ2n) is 5.29. The van der Waals surface area contributed by atoms with Crippen LogP contribution in [0.5, 0.6) is 0 Å². The van der Waals surface area contributed by atoms with Gasteiger partial charge < -0.3 is 10.1 Å². The van der Waals surface area contributed by atoms with E-state index in [1.165, 1.54) is 5.56 Å². The fourth-order valence-electron chi connectivity index (χ4n) is 2.54. The number of aryl methyl sites for hydroxylation is 2. The van der Waals surface area contributed by atoms with Crippen LogP contribution < -0.4 is 5.32 Å². The molecular weight excluding hydrogens is 286 g/mol. The summed E-state index contributed by atoms with van der Waals surface area (Å²) < 4.78 is 7.19. The number of hydrogen-bond donors (Lipinski definition) is 1. The number of rotatable bonds is 6. The summed E-state index contributed by atoms with van der Waals surface area (Å²) in [6, 6.07) is 8.17. The molecule has 0 fully saturated rings. The number of hydrogen-bond acceptors (Lipinski definition) is 3. The molecule has 5 heteroatoms. The maximum Gasteiger partial charge on any atom is 0.0657 e. The van der Waals surface area contributed by atoms with E-state index >= 15 is 0 Å². The highest BCUT2D eigenvalue weighted by Crippen LogP contribution is 2.23. The maximum absolute atomic E-state index is 5.96. The molecule has 2 atom stereocenters. The highest BCUT2D eigenvalue weighted by atomic mass is 35.5. The molecule has 1 heterocycles. The van der Waals surface area contributed by atoms with E-state index in [-0.39, 0.29) is 12.1 Å². The number of nitrogens with zero attached hydrogens (tertiary/aromatic N) is 2. The summed E-state index contributed by atoms with van der Waals surface area (Å²) in [5.41, 5.74) is 3.41. The molecule has 0 bridgehead atoms. The van der Waals surface area contributed by atoms with E-state index in [9.17, 15) is 0 Å². The van der Waals surface area contributed by atoms with Crippen LogP contribution in [0.1, 0.15) is 35.8 Å². The summed E-state index contributed by atoms with van der Waals surface area (Å²) in [6.07, 6.45) is 2.05. The molecule has 21 heavy (non-hydrogen) atoms. The van der Waals surface area contributed by atoms with Crippen LogP contribution in [-0.4, -0.2) is 23.5 Å². The Bertz CT molecular complexity index is 580. The monoisotopic (exact) mass is 307 g/mol. The Balaban J connectivity index is 2.15. The van der Waals surface area contributed by atoms with Gasteiger partial charge in [0.2, 0.25) is 0 Å². The molecule has 0 radical (unpaired) electrons. The first kappa shape index (κ1) is 16.0. The van der Waals surface area contributed by atoms with E-state index in [0.29, 0.717) is 6.61 Å². The summed E-state index contributed by atoms with van der Waals surface area (Å²) in [5, 5.41) is 8.74. The molecule has 1 aromatic carbocycles. The first-order chi connectivity index (χ1) is 10.0.